The number of ether oxygens (including phenoxy) is 3. The maximum atomic E-state index is 13.3. The molecule has 32 heavy (non-hydrogen) atoms. The standard InChI is InChI=1S/C25H22N2O5/c1-16-24(32-19-8-5-7-18(12-19)29-2)23(28)20-9-10-22-21(25(20)31-16)14-27(15-30-22)13-17-6-3-4-11-26-17/h3-12H,13-15H2,1-2H3. The molecule has 0 aliphatic carbocycles. The molecule has 0 saturated carbocycles. The van der Waals surface area contributed by atoms with Gasteiger partial charge in [-0.25, -0.2) is 0 Å². The molecule has 7 heteroatoms. The van der Waals surface area contributed by atoms with Gasteiger partial charge < -0.3 is 18.6 Å². The Hall–Kier alpha value is -3.84. The number of hydrogen-bond acceptors (Lipinski definition) is 7. The third-order valence-electron chi connectivity index (χ3n) is 5.40. The molecule has 3 heterocycles. The summed E-state index contributed by atoms with van der Waals surface area (Å²) in [7, 11) is 1.58. The fraction of sp³-hybridized carbons (Fsp3) is 0.200. The third kappa shape index (κ3) is 3.78. The van der Waals surface area contributed by atoms with E-state index in [1.807, 2.05) is 30.3 Å². The molecule has 4 aromatic rings. The lowest BCUT2D eigenvalue weighted by Crippen LogP contribution is -2.32. The van der Waals surface area contributed by atoms with E-state index in [9.17, 15) is 4.79 Å². The van der Waals surface area contributed by atoms with Gasteiger partial charge in [0, 0.05) is 25.4 Å². The van der Waals surface area contributed by atoms with Crippen molar-refractivity contribution >= 4 is 11.0 Å². The number of aryl methyl sites for hydroxylation is 1. The van der Waals surface area contributed by atoms with Crippen molar-refractivity contribution in [3.63, 3.8) is 0 Å². The van der Waals surface area contributed by atoms with Gasteiger partial charge in [0.1, 0.15) is 35.3 Å². The monoisotopic (exact) mass is 430 g/mol. The molecule has 162 valence electrons. The first-order valence-electron chi connectivity index (χ1n) is 10.3. The summed E-state index contributed by atoms with van der Waals surface area (Å²) in [6.07, 6.45) is 1.77. The van der Waals surface area contributed by atoms with E-state index >= 15 is 0 Å². The Morgan fingerprint density at radius 3 is 2.78 bits per heavy atom. The largest absolute Gasteiger partial charge is 0.497 e. The van der Waals surface area contributed by atoms with Crippen LogP contribution in [0.5, 0.6) is 23.0 Å². The quantitative estimate of drug-likeness (QED) is 0.456. The van der Waals surface area contributed by atoms with Crippen LogP contribution in [0.1, 0.15) is 17.0 Å². The second kappa shape index (κ2) is 8.36. The number of hydrogen-bond donors (Lipinski definition) is 0. The summed E-state index contributed by atoms with van der Waals surface area (Å²) in [5.74, 6) is 2.43. The predicted molar refractivity (Wildman–Crippen MR) is 119 cm³/mol. The Morgan fingerprint density at radius 1 is 1.09 bits per heavy atom. The lowest BCUT2D eigenvalue weighted by molar-refractivity contribution is 0.0878. The number of methoxy groups -OCH3 is 1. The zero-order valence-corrected chi connectivity index (χ0v) is 17.8. The van der Waals surface area contributed by atoms with Gasteiger partial charge in [-0.15, -0.1) is 0 Å². The first-order chi connectivity index (χ1) is 15.6. The van der Waals surface area contributed by atoms with E-state index in [-0.39, 0.29) is 11.2 Å². The second-order valence-corrected chi connectivity index (χ2v) is 7.60. The van der Waals surface area contributed by atoms with Crippen LogP contribution < -0.4 is 19.6 Å². The van der Waals surface area contributed by atoms with Crippen molar-refractivity contribution in [1.29, 1.82) is 0 Å². The van der Waals surface area contributed by atoms with Crippen molar-refractivity contribution < 1.29 is 18.6 Å². The minimum atomic E-state index is -0.226. The highest BCUT2D eigenvalue weighted by Crippen LogP contribution is 2.34. The maximum absolute atomic E-state index is 13.3. The fourth-order valence-corrected chi connectivity index (χ4v) is 3.82. The SMILES string of the molecule is COc1cccc(Oc2c(C)oc3c4c(ccc3c2=O)OCN(Cc2ccccn2)C4)c1. The van der Waals surface area contributed by atoms with Crippen molar-refractivity contribution in [2.75, 3.05) is 13.8 Å². The van der Waals surface area contributed by atoms with E-state index in [1.54, 1.807) is 44.5 Å². The van der Waals surface area contributed by atoms with E-state index in [2.05, 4.69) is 9.88 Å². The molecule has 0 bridgehead atoms. The Bertz CT molecular complexity index is 1330. The van der Waals surface area contributed by atoms with Crippen LogP contribution in [-0.2, 0) is 13.1 Å². The summed E-state index contributed by atoms with van der Waals surface area (Å²) in [6, 6.07) is 16.5. The van der Waals surface area contributed by atoms with Gasteiger partial charge in [0.25, 0.3) is 0 Å². The van der Waals surface area contributed by atoms with Crippen LogP contribution in [-0.4, -0.2) is 23.7 Å². The summed E-state index contributed by atoms with van der Waals surface area (Å²) < 4.78 is 23.2. The molecule has 0 N–H and O–H groups in total. The van der Waals surface area contributed by atoms with Crippen molar-refractivity contribution in [1.82, 2.24) is 9.88 Å². The lowest BCUT2D eigenvalue weighted by atomic mass is 10.1. The molecule has 7 nitrogen and oxygen atoms in total. The van der Waals surface area contributed by atoms with E-state index in [0.717, 1.165) is 17.0 Å². The smallest absolute Gasteiger partial charge is 0.235 e. The lowest BCUT2D eigenvalue weighted by Gasteiger charge is -2.29. The fourth-order valence-electron chi connectivity index (χ4n) is 3.82. The summed E-state index contributed by atoms with van der Waals surface area (Å²) in [4.78, 5) is 19.8. The van der Waals surface area contributed by atoms with Gasteiger partial charge in [0.15, 0.2) is 0 Å². The number of benzene rings is 2. The molecule has 0 fully saturated rings. The highest BCUT2D eigenvalue weighted by Gasteiger charge is 2.24. The van der Waals surface area contributed by atoms with Gasteiger partial charge >= 0.3 is 0 Å². The minimum absolute atomic E-state index is 0.160. The molecule has 5 rings (SSSR count). The number of aromatic nitrogens is 1. The van der Waals surface area contributed by atoms with Crippen LogP contribution in [0.3, 0.4) is 0 Å². The third-order valence-corrected chi connectivity index (χ3v) is 5.40. The van der Waals surface area contributed by atoms with Crippen molar-refractivity contribution in [3.05, 3.63) is 88.0 Å². The number of rotatable bonds is 5. The molecule has 0 saturated heterocycles. The Labute approximate surface area is 184 Å². The zero-order valence-electron chi connectivity index (χ0n) is 17.8. The summed E-state index contributed by atoms with van der Waals surface area (Å²) in [6.45, 7) is 3.39. The van der Waals surface area contributed by atoms with Gasteiger partial charge in [-0.3, -0.25) is 14.7 Å². The van der Waals surface area contributed by atoms with Crippen LogP contribution in [0.15, 0.2) is 70.0 Å². The Balaban J connectivity index is 1.50. The first kappa shape index (κ1) is 20.1. The summed E-state index contributed by atoms with van der Waals surface area (Å²) in [5, 5.41) is 0.454. The minimum Gasteiger partial charge on any atom is -0.497 e. The number of pyridine rings is 1. The average molecular weight is 430 g/mol. The molecule has 1 aliphatic heterocycles. The summed E-state index contributed by atoms with van der Waals surface area (Å²) in [5.41, 5.74) is 2.09. The average Bonchev–Trinajstić information content (AvgIpc) is 2.82. The van der Waals surface area contributed by atoms with Crippen molar-refractivity contribution in [2.24, 2.45) is 0 Å². The molecular weight excluding hydrogens is 408 g/mol. The molecule has 0 unspecified atom stereocenters. The Morgan fingerprint density at radius 2 is 1.97 bits per heavy atom. The van der Waals surface area contributed by atoms with Crippen molar-refractivity contribution in [3.8, 4) is 23.0 Å². The van der Waals surface area contributed by atoms with E-state index in [0.29, 0.717) is 48.0 Å². The highest BCUT2D eigenvalue weighted by atomic mass is 16.5. The van der Waals surface area contributed by atoms with E-state index in [4.69, 9.17) is 18.6 Å². The summed E-state index contributed by atoms with van der Waals surface area (Å²) >= 11 is 0. The van der Waals surface area contributed by atoms with E-state index in [1.165, 1.54) is 0 Å². The highest BCUT2D eigenvalue weighted by molar-refractivity contribution is 5.83. The molecule has 2 aromatic heterocycles. The van der Waals surface area contributed by atoms with Gasteiger partial charge in [-0.2, -0.15) is 0 Å². The maximum Gasteiger partial charge on any atom is 0.235 e. The normalized spacial score (nSPS) is 13.4. The molecule has 0 amide bonds. The molecule has 0 atom stereocenters. The van der Waals surface area contributed by atoms with Gasteiger partial charge in [0.2, 0.25) is 11.2 Å². The Kier molecular flexibility index (Phi) is 5.25. The number of fused-ring (bicyclic) bond motifs is 3. The predicted octanol–water partition coefficient (Wildman–Crippen LogP) is 4.65. The van der Waals surface area contributed by atoms with Gasteiger partial charge in [0.05, 0.1) is 23.8 Å². The van der Waals surface area contributed by atoms with Crippen LogP contribution in [0.4, 0.5) is 0 Å². The van der Waals surface area contributed by atoms with Gasteiger partial charge in [-0.05, 0) is 43.3 Å². The topological polar surface area (TPSA) is 74.0 Å². The molecule has 1 aliphatic rings. The van der Waals surface area contributed by atoms with Crippen molar-refractivity contribution in [2.45, 2.75) is 20.0 Å². The van der Waals surface area contributed by atoms with Crippen LogP contribution in [0.25, 0.3) is 11.0 Å². The molecule has 2 aromatic carbocycles. The second-order valence-electron chi connectivity index (χ2n) is 7.60. The van der Waals surface area contributed by atoms with Gasteiger partial charge in [-0.1, -0.05) is 12.1 Å². The first-order valence-corrected chi connectivity index (χ1v) is 10.3. The van der Waals surface area contributed by atoms with E-state index < -0.39 is 0 Å². The van der Waals surface area contributed by atoms with Crippen LogP contribution in [0, 0.1) is 6.92 Å². The molecular formula is C25H22N2O5. The zero-order chi connectivity index (χ0) is 22.1. The van der Waals surface area contributed by atoms with Crippen LogP contribution in [0.2, 0.25) is 0 Å². The van der Waals surface area contributed by atoms with Crippen LogP contribution >= 0.6 is 0 Å². The molecule has 0 spiro atoms. The molecule has 0 radical (unpaired) electrons. The number of nitrogens with zero attached hydrogens (tertiary/aromatic N) is 2.